The zero-order chi connectivity index (χ0) is 19.5. The summed E-state index contributed by atoms with van der Waals surface area (Å²) in [6, 6.07) is 8.52. The van der Waals surface area contributed by atoms with Crippen molar-refractivity contribution in [2.24, 2.45) is 0 Å². The Labute approximate surface area is 162 Å². The molecule has 28 heavy (non-hydrogen) atoms. The summed E-state index contributed by atoms with van der Waals surface area (Å²) in [4.78, 5) is 27.7. The Bertz CT molecular complexity index is 854. The molecule has 1 atom stereocenters. The molecule has 0 saturated carbocycles. The highest BCUT2D eigenvalue weighted by atomic mass is 16.6. The molecule has 1 saturated heterocycles. The standard InChI is InChI=1S/C19H22N4O5/c24-16-5-7-21(8-6-16)9-14-1-3-15(4-2-14)12-27-17-10-22-11-18(23(25)26)20-19(22)28-13-17/h1-4,11,17H,5-10,12-13H2. The highest BCUT2D eigenvalue weighted by Crippen LogP contribution is 2.23. The van der Waals surface area contributed by atoms with Crippen LogP contribution < -0.4 is 4.74 Å². The van der Waals surface area contributed by atoms with Crippen LogP contribution >= 0.6 is 0 Å². The molecule has 9 heteroatoms. The van der Waals surface area contributed by atoms with Gasteiger partial charge in [-0.25, -0.2) is 0 Å². The molecule has 9 nitrogen and oxygen atoms in total. The topological polar surface area (TPSA) is 99.7 Å². The van der Waals surface area contributed by atoms with Crippen molar-refractivity contribution in [3.8, 4) is 6.01 Å². The summed E-state index contributed by atoms with van der Waals surface area (Å²) in [6.45, 7) is 3.76. The lowest BCUT2D eigenvalue weighted by atomic mass is 10.1. The fraction of sp³-hybridized carbons (Fsp3) is 0.474. The van der Waals surface area contributed by atoms with Crippen molar-refractivity contribution in [2.45, 2.75) is 38.6 Å². The monoisotopic (exact) mass is 386 g/mol. The van der Waals surface area contributed by atoms with Crippen LogP contribution in [0.1, 0.15) is 24.0 Å². The Morgan fingerprint density at radius 1 is 1.21 bits per heavy atom. The lowest BCUT2D eigenvalue weighted by molar-refractivity contribution is -0.389. The average Bonchev–Trinajstić information content (AvgIpc) is 3.13. The van der Waals surface area contributed by atoms with E-state index in [0.717, 1.165) is 25.2 Å². The minimum atomic E-state index is -0.534. The molecule has 1 unspecified atom stereocenters. The van der Waals surface area contributed by atoms with Gasteiger partial charge in [0, 0.05) is 37.5 Å². The third-order valence-corrected chi connectivity index (χ3v) is 5.04. The number of ketones is 1. The summed E-state index contributed by atoms with van der Waals surface area (Å²) in [5.74, 6) is 0.136. The van der Waals surface area contributed by atoms with E-state index in [2.05, 4.69) is 22.0 Å². The molecule has 0 bridgehead atoms. The van der Waals surface area contributed by atoms with Crippen molar-refractivity contribution < 1.29 is 19.2 Å². The zero-order valence-corrected chi connectivity index (χ0v) is 15.5. The Kier molecular flexibility index (Phi) is 5.36. The van der Waals surface area contributed by atoms with E-state index >= 15 is 0 Å². The van der Waals surface area contributed by atoms with Crippen LogP contribution in [0.3, 0.4) is 0 Å². The van der Waals surface area contributed by atoms with Crippen molar-refractivity contribution in [3.63, 3.8) is 0 Å². The molecule has 0 N–H and O–H groups in total. The summed E-state index contributed by atoms with van der Waals surface area (Å²) in [5, 5.41) is 10.8. The molecular weight excluding hydrogens is 364 g/mol. The molecule has 1 aromatic heterocycles. The third kappa shape index (κ3) is 4.37. The molecule has 148 valence electrons. The van der Waals surface area contributed by atoms with Gasteiger partial charge in [-0.3, -0.25) is 14.3 Å². The molecule has 3 heterocycles. The number of fused-ring (bicyclic) bond motifs is 1. The molecule has 0 radical (unpaired) electrons. The van der Waals surface area contributed by atoms with Gasteiger partial charge in [0.2, 0.25) is 0 Å². The summed E-state index contributed by atoms with van der Waals surface area (Å²) < 4.78 is 13.0. The molecule has 4 rings (SSSR count). The second-order valence-corrected chi connectivity index (χ2v) is 7.17. The third-order valence-electron chi connectivity index (χ3n) is 5.04. The number of carbonyl (C=O) groups excluding carboxylic acids is 1. The molecule has 1 fully saturated rings. The lowest BCUT2D eigenvalue weighted by Crippen LogP contribution is -2.33. The number of hydrogen-bond acceptors (Lipinski definition) is 7. The predicted octanol–water partition coefficient (Wildman–Crippen LogP) is 1.93. The van der Waals surface area contributed by atoms with Gasteiger partial charge in [-0.1, -0.05) is 24.3 Å². The largest absolute Gasteiger partial charge is 0.443 e. The van der Waals surface area contributed by atoms with Crippen LogP contribution in [0.2, 0.25) is 0 Å². The predicted molar refractivity (Wildman–Crippen MR) is 98.9 cm³/mol. The van der Waals surface area contributed by atoms with Gasteiger partial charge in [-0.15, -0.1) is 0 Å². The van der Waals surface area contributed by atoms with Crippen LogP contribution in [0.25, 0.3) is 0 Å². The van der Waals surface area contributed by atoms with E-state index in [1.54, 1.807) is 4.57 Å². The number of nitrogens with zero attached hydrogens (tertiary/aromatic N) is 4. The number of carbonyl (C=O) groups is 1. The van der Waals surface area contributed by atoms with Gasteiger partial charge in [0.05, 0.1) is 13.2 Å². The van der Waals surface area contributed by atoms with Gasteiger partial charge in [0.1, 0.15) is 24.7 Å². The van der Waals surface area contributed by atoms with Crippen molar-refractivity contribution in [1.29, 1.82) is 0 Å². The van der Waals surface area contributed by atoms with Gasteiger partial charge < -0.3 is 19.6 Å². The van der Waals surface area contributed by atoms with Crippen LogP contribution in [0.5, 0.6) is 6.01 Å². The van der Waals surface area contributed by atoms with Crippen LogP contribution in [0, 0.1) is 10.1 Å². The molecule has 2 aliphatic rings. The molecule has 0 amide bonds. The summed E-state index contributed by atoms with van der Waals surface area (Å²) in [6.07, 6.45) is 2.48. The fourth-order valence-corrected chi connectivity index (χ4v) is 3.43. The second-order valence-electron chi connectivity index (χ2n) is 7.17. The van der Waals surface area contributed by atoms with Crippen LogP contribution in [-0.2, 0) is 29.2 Å². The Morgan fingerprint density at radius 2 is 1.93 bits per heavy atom. The van der Waals surface area contributed by atoms with E-state index in [0.29, 0.717) is 38.4 Å². The average molecular weight is 386 g/mol. The molecule has 0 aliphatic carbocycles. The summed E-state index contributed by atoms with van der Waals surface area (Å²) >= 11 is 0. The molecule has 2 aromatic rings. The normalized spacial score (nSPS) is 19.9. The number of likely N-dealkylation sites (tertiary alicyclic amines) is 1. The Hall–Kier alpha value is -2.78. The van der Waals surface area contributed by atoms with Crippen molar-refractivity contribution in [3.05, 3.63) is 51.7 Å². The summed E-state index contributed by atoms with van der Waals surface area (Å²) in [5.41, 5.74) is 2.27. The first kappa shape index (κ1) is 18.6. The van der Waals surface area contributed by atoms with Gasteiger partial charge in [-0.2, -0.15) is 0 Å². The van der Waals surface area contributed by atoms with E-state index in [1.807, 2.05) is 12.1 Å². The minimum absolute atomic E-state index is 0.188. The number of hydrogen-bond donors (Lipinski definition) is 0. The minimum Gasteiger partial charge on any atom is -0.443 e. The molecule has 2 aliphatic heterocycles. The van der Waals surface area contributed by atoms with Crippen LogP contribution in [0.15, 0.2) is 30.5 Å². The maximum Gasteiger partial charge on any atom is 0.414 e. The van der Waals surface area contributed by atoms with Crippen molar-refractivity contribution in [1.82, 2.24) is 14.5 Å². The van der Waals surface area contributed by atoms with Crippen molar-refractivity contribution in [2.75, 3.05) is 19.7 Å². The highest BCUT2D eigenvalue weighted by Gasteiger charge is 2.28. The first-order valence-corrected chi connectivity index (χ1v) is 9.34. The number of Topliss-reactive ketones (excluding diaryl/α,β-unsaturated/α-hetero) is 1. The number of benzene rings is 1. The smallest absolute Gasteiger partial charge is 0.414 e. The lowest BCUT2D eigenvalue weighted by Gasteiger charge is -2.25. The van der Waals surface area contributed by atoms with E-state index in [4.69, 9.17) is 9.47 Å². The first-order valence-electron chi connectivity index (χ1n) is 9.34. The number of aromatic nitrogens is 2. The second kappa shape index (κ2) is 8.07. The molecule has 0 spiro atoms. The van der Waals surface area contributed by atoms with E-state index in [9.17, 15) is 14.9 Å². The van der Waals surface area contributed by atoms with Gasteiger partial charge in [-0.05, 0) is 16.1 Å². The Balaban J connectivity index is 1.27. The van der Waals surface area contributed by atoms with Crippen LogP contribution in [0.4, 0.5) is 5.82 Å². The van der Waals surface area contributed by atoms with Crippen molar-refractivity contribution >= 4 is 11.6 Å². The number of piperidine rings is 1. The van der Waals surface area contributed by atoms with E-state index in [-0.39, 0.29) is 17.9 Å². The SMILES string of the molecule is O=C1CCN(Cc2ccc(COC3COc4nc([N+](=O)[O-])cn4C3)cc2)CC1. The first-order chi connectivity index (χ1) is 13.6. The van der Waals surface area contributed by atoms with E-state index < -0.39 is 4.92 Å². The number of imidazole rings is 1. The van der Waals surface area contributed by atoms with Gasteiger partial charge in [0.15, 0.2) is 0 Å². The Morgan fingerprint density at radius 3 is 2.64 bits per heavy atom. The maximum atomic E-state index is 11.3. The number of ether oxygens (including phenoxy) is 2. The fourth-order valence-electron chi connectivity index (χ4n) is 3.43. The quantitative estimate of drug-likeness (QED) is 0.552. The van der Waals surface area contributed by atoms with Gasteiger partial charge >= 0.3 is 11.8 Å². The van der Waals surface area contributed by atoms with E-state index in [1.165, 1.54) is 11.8 Å². The molecule has 1 aromatic carbocycles. The zero-order valence-electron chi connectivity index (χ0n) is 15.5. The highest BCUT2D eigenvalue weighted by molar-refractivity contribution is 5.79. The summed E-state index contributed by atoms with van der Waals surface area (Å²) in [7, 11) is 0. The molecular formula is C19H22N4O5. The maximum absolute atomic E-state index is 11.3. The van der Waals surface area contributed by atoms with Gasteiger partial charge in [0.25, 0.3) is 0 Å². The number of rotatable bonds is 6. The number of nitro groups is 1. The van der Waals surface area contributed by atoms with Crippen LogP contribution in [-0.4, -0.2) is 51.0 Å².